The van der Waals surface area contributed by atoms with Crippen molar-refractivity contribution in [3.8, 4) is 5.88 Å². The number of amides is 2. The first kappa shape index (κ1) is 54.0. The van der Waals surface area contributed by atoms with Crippen LogP contribution in [0.4, 0.5) is 11.4 Å². The molecule has 3 heterocycles. The molecule has 0 bridgehead atoms. The molecule has 0 N–H and O–H groups in total. The van der Waals surface area contributed by atoms with Gasteiger partial charge in [0.2, 0.25) is 0 Å². The van der Waals surface area contributed by atoms with E-state index < -0.39 is 44.2 Å². The molecule has 0 unspecified atom stereocenters. The van der Waals surface area contributed by atoms with Crippen molar-refractivity contribution in [2.45, 2.75) is 53.6 Å². The molecule has 0 radical (unpaired) electrons. The molecule has 11 nitrogen and oxygen atoms in total. The molecule has 3 aliphatic rings. The van der Waals surface area contributed by atoms with Crippen LogP contribution in [0, 0.1) is 4.77 Å². The van der Waals surface area contributed by atoms with Gasteiger partial charge in [-0.2, -0.15) is 0 Å². The number of hydrogen-bond donors (Lipinski definition) is 0. The van der Waals surface area contributed by atoms with Gasteiger partial charge in [0.25, 0.3) is 0 Å². The summed E-state index contributed by atoms with van der Waals surface area (Å²) in [5.41, 5.74) is 4.52. The Morgan fingerprint density at radius 3 is 1.55 bits per heavy atom. The minimum absolute atomic E-state index is 0.0688. The summed E-state index contributed by atoms with van der Waals surface area (Å²) in [6.07, 6.45) is 8.99. The van der Waals surface area contributed by atoms with Crippen molar-refractivity contribution in [2.24, 2.45) is 0 Å². The van der Waals surface area contributed by atoms with E-state index in [2.05, 4.69) is 59.5 Å². The Hall–Kier alpha value is -7.38. The van der Waals surface area contributed by atoms with Crippen LogP contribution in [0.5, 0.6) is 5.88 Å². The third-order valence-corrected chi connectivity index (χ3v) is 28.2. The maximum absolute atomic E-state index is 14.9. The Morgan fingerprint density at radius 2 is 1.08 bits per heavy atom. The van der Waals surface area contributed by atoms with Gasteiger partial charge in [0.05, 0.1) is 0 Å². The summed E-state index contributed by atoms with van der Waals surface area (Å²) in [6, 6.07) is 60.6. The number of para-hydroxylation sites is 2. The van der Waals surface area contributed by atoms with Crippen LogP contribution in [-0.2, 0) is 29.7 Å². The second-order valence-corrected chi connectivity index (χ2v) is 31.3. The van der Waals surface area contributed by atoms with Crippen LogP contribution >= 0.6 is 24.4 Å². The van der Waals surface area contributed by atoms with Gasteiger partial charge >= 0.3 is 479 Å². The molecule has 1 aromatic heterocycles. The topological polar surface area (TPSA) is 98.5 Å². The van der Waals surface area contributed by atoms with Crippen molar-refractivity contribution in [1.82, 2.24) is 18.9 Å². The van der Waals surface area contributed by atoms with E-state index in [-0.39, 0.29) is 35.1 Å². The van der Waals surface area contributed by atoms with E-state index in [4.69, 9.17) is 35.0 Å². The second kappa shape index (κ2) is 24.1. The van der Waals surface area contributed by atoms with Gasteiger partial charge in [0.1, 0.15) is 0 Å². The number of nitrogens with zero attached hydrogens (tertiary/aromatic N) is 5. The number of benzene rings is 6. The number of allylic oxidation sites excluding steroid dienone is 6. The fourth-order valence-electron chi connectivity index (χ4n) is 10.6. The molecule has 0 atom stereocenters. The zero-order valence-electron chi connectivity index (χ0n) is 44.0. The molecule has 78 heavy (non-hydrogen) atoms. The van der Waals surface area contributed by atoms with Crippen LogP contribution in [0.15, 0.2) is 239 Å². The van der Waals surface area contributed by atoms with Crippen molar-refractivity contribution in [3.63, 3.8) is 0 Å². The molecular weight excluding hydrogens is 1130 g/mol. The Labute approximate surface area is 475 Å². The molecule has 6 aromatic carbocycles. The van der Waals surface area contributed by atoms with Crippen LogP contribution in [0.3, 0.4) is 0 Å². The molecule has 0 spiro atoms. The number of carbonyl (C=O) groups excluding carboxylic acids is 2. The van der Waals surface area contributed by atoms with Gasteiger partial charge in [-0.1, -0.05) is 0 Å². The predicted molar refractivity (Wildman–Crippen MR) is 320 cm³/mol. The van der Waals surface area contributed by atoms with Gasteiger partial charge in [-0.25, -0.2) is 0 Å². The van der Waals surface area contributed by atoms with Crippen LogP contribution in [0.2, 0.25) is 0 Å². The number of thiocarbonyl (C=S) groups is 1. The summed E-state index contributed by atoms with van der Waals surface area (Å²) < 4.78 is 29.9. The predicted octanol–water partition coefficient (Wildman–Crippen LogP) is 9.87. The average Bonchev–Trinajstić information content (AvgIpc) is 4.03. The summed E-state index contributed by atoms with van der Waals surface area (Å²) in [6.45, 7) is 8.99. The number of carbonyl (C=O) groups is 2. The van der Waals surface area contributed by atoms with Gasteiger partial charge in [-0.05, 0) is 0 Å². The molecule has 1 fully saturated rings. The molecule has 2 amide bonds. The third kappa shape index (κ3) is 10.4. The molecule has 7 aromatic rings. The molecule has 390 valence electrons. The van der Waals surface area contributed by atoms with Crippen molar-refractivity contribution >= 4 is 107 Å². The summed E-state index contributed by atoms with van der Waals surface area (Å²) in [5, 5.41) is 0.171. The van der Waals surface area contributed by atoms with E-state index in [1.165, 1.54) is 9.80 Å². The first-order valence-electron chi connectivity index (χ1n) is 26.5. The molecule has 1 aliphatic carbocycles. The van der Waals surface area contributed by atoms with Gasteiger partial charge < -0.3 is 0 Å². The van der Waals surface area contributed by atoms with Gasteiger partial charge in [0.15, 0.2) is 0 Å². The van der Waals surface area contributed by atoms with Crippen molar-refractivity contribution in [2.75, 3.05) is 18.0 Å². The molecule has 10 rings (SSSR count). The number of hydrogen-bond acceptors (Lipinski definition) is 9. The third-order valence-electron chi connectivity index (χ3n) is 14.4. The number of aromatic nitrogens is 2. The molecular formula is C63H58Ga2N5O6S2-. The van der Waals surface area contributed by atoms with Crippen molar-refractivity contribution in [1.29, 1.82) is 0 Å². The summed E-state index contributed by atoms with van der Waals surface area (Å²) >= 11 is 3.81. The summed E-state index contributed by atoms with van der Waals surface area (Å²) in [7, 11) is 0. The monoisotopic (exact) mass is 1180 g/mol. The zero-order valence-corrected chi connectivity index (χ0v) is 50.5. The van der Waals surface area contributed by atoms with E-state index >= 15 is 0 Å². The summed E-state index contributed by atoms with van der Waals surface area (Å²) in [5.74, 6) is -0.00736. The maximum atomic E-state index is 14.9. The number of likely N-dealkylation sites (N-methyl/N-ethyl adjacent to an activating group) is 2. The van der Waals surface area contributed by atoms with E-state index in [1.807, 2.05) is 184 Å². The quantitative estimate of drug-likeness (QED) is 0.0308. The van der Waals surface area contributed by atoms with Gasteiger partial charge in [-0.15, -0.1) is 0 Å². The van der Waals surface area contributed by atoms with Crippen molar-refractivity contribution in [3.05, 3.63) is 255 Å². The molecule has 15 heteroatoms. The van der Waals surface area contributed by atoms with Crippen LogP contribution in [-0.4, -0.2) is 81.3 Å². The van der Waals surface area contributed by atoms with E-state index in [1.54, 1.807) is 4.57 Å². The summed E-state index contributed by atoms with van der Waals surface area (Å²) in [4.78, 5) is 49.6. The van der Waals surface area contributed by atoms with Crippen LogP contribution < -0.4 is 30.5 Å². The second-order valence-electron chi connectivity index (χ2n) is 18.9. The van der Waals surface area contributed by atoms with Gasteiger partial charge in [-0.3, -0.25) is 0 Å². The normalized spacial score (nSPS) is 16.2. The molecule has 1 saturated heterocycles. The zero-order chi connectivity index (χ0) is 54.3. The van der Waals surface area contributed by atoms with E-state index in [9.17, 15) is 14.4 Å². The Kier molecular flexibility index (Phi) is 16.7. The SMILES string of the molecule is CCN1C(=O)C(=C(/C=C/C2=C(N(c3ccccc3)c3ccccc3)C(=C/C=C3\[O][Ga-]([c]4ccccc4)([c]4ccccc4)[O]c4c3c(=O)n(CC)c(=S)n4CC)/CC2)[O][Ga]([c]2ccccc2)[c]2ccccc2)C(=O)N(CC)C1=S. The van der Waals surface area contributed by atoms with E-state index in [0.717, 1.165) is 44.7 Å². The first-order valence-corrected chi connectivity index (χ1v) is 35.2. The van der Waals surface area contributed by atoms with Gasteiger partial charge in [0, 0.05) is 0 Å². The average molecular weight is 1180 g/mol. The molecule has 0 saturated carbocycles. The van der Waals surface area contributed by atoms with Crippen LogP contribution in [0.1, 0.15) is 46.1 Å². The Morgan fingerprint density at radius 1 is 0.603 bits per heavy atom. The Balaban J connectivity index is 1.22. The Bertz CT molecular complexity index is 3520. The first-order chi connectivity index (χ1) is 38.1. The number of fused-ring (bicyclic) bond motifs is 1. The standard InChI is InChI=1S/C39H41N5O6S2.4C6H5.2Ga/c1-5-40-34(47)31(35(48)41(6-2)38(40)51)29(45)23-21-25-19-20-26(33(25)44(27-15-11-9-12-16-27)28-17-13-10-14-18-28)22-24-30(46)32-36(49)42(7-3)39(52)43(8-4)37(32)50;4*1-2-4-6-5-3-1;;/h9-18,21-24,45-47H,5-8,19-20H2,1-4H3;4*1-5H;;/q;;;;;2*+1/p-3/b24-22+,25-21+,29-23-;;;;;;. The van der Waals surface area contributed by atoms with Crippen LogP contribution in [0.25, 0.3) is 5.76 Å². The van der Waals surface area contributed by atoms with Crippen molar-refractivity contribution < 1.29 is 20.2 Å². The fraction of sp³-hybridized carbons (Fsp3) is 0.159. The fourth-order valence-corrected chi connectivity index (χ4v) is 23.6. The molecule has 2 aliphatic heterocycles. The van der Waals surface area contributed by atoms with E-state index in [0.29, 0.717) is 47.9 Å². The minimum atomic E-state index is -4.67. The number of anilines is 2. The number of rotatable bonds is 16.